The summed E-state index contributed by atoms with van der Waals surface area (Å²) in [5.74, 6) is 1.61. The van der Waals surface area contributed by atoms with E-state index in [1.54, 1.807) is 7.11 Å². The van der Waals surface area contributed by atoms with Gasteiger partial charge in [0.2, 0.25) is 0 Å². The number of rotatable bonds is 9. The molecule has 0 spiro atoms. The van der Waals surface area contributed by atoms with Crippen LogP contribution in [0.3, 0.4) is 0 Å². The monoisotopic (exact) mass is 367 g/mol. The number of aliphatic imine (C=N–C) groups is 1. The highest BCUT2D eigenvalue weighted by Gasteiger charge is 2.26. The number of hydrogen-bond acceptors (Lipinski definition) is 4. The van der Waals surface area contributed by atoms with Crippen LogP contribution in [-0.4, -0.2) is 64.0 Å². The molecule has 142 valence electrons. The summed E-state index contributed by atoms with van der Waals surface area (Å²) in [6, 6.07) is 4.32. The summed E-state index contributed by atoms with van der Waals surface area (Å²) in [4.78, 5) is 8.70. The Morgan fingerprint density at radius 3 is 2.96 bits per heavy atom. The zero-order valence-corrected chi connectivity index (χ0v) is 16.9. The van der Waals surface area contributed by atoms with Gasteiger partial charge in [0, 0.05) is 43.0 Å². The van der Waals surface area contributed by atoms with Crippen LogP contribution >= 0.6 is 11.3 Å². The van der Waals surface area contributed by atoms with Gasteiger partial charge in [-0.05, 0) is 24.8 Å². The second-order valence-corrected chi connectivity index (χ2v) is 8.15. The smallest absolute Gasteiger partial charge is 0.193 e. The van der Waals surface area contributed by atoms with E-state index in [4.69, 9.17) is 14.5 Å². The summed E-state index contributed by atoms with van der Waals surface area (Å²) in [6.45, 7) is 12.5. The third kappa shape index (κ3) is 6.28. The largest absolute Gasteiger partial charge is 0.382 e. The molecule has 25 heavy (non-hydrogen) atoms. The second-order valence-electron chi connectivity index (χ2n) is 7.20. The van der Waals surface area contributed by atoms with Crippen molar-refractivity contribution in [1.82, 2.24) is 10.2 Å². The van der Waals surface area contributed by atoms with Crippen LogP contribution in [0.2, 0.25) is 0 Å². The molecule has 1 aliphatic heterocycles. The molecule has 6 heteroatoms. The molecule has 1 saturated heterocycles. The minimum atomic E-state index is 0.0667. The maximum absolute atomic E-state index is 5.70. The van der Waals surface area contributed by atoms with E-state index in [1.165, 1.54) is 4.88 Å². The number of nitrogens with one attached hydrogen (secondary N) is 1. The Morgan fingerprint density at radius 2 is 2.28 bits per heavy atom. The molecule has 1 aromatic heterocycles. The SMILES string of the molecule is CCNC(=NCC(C)(C)c1cccs1)N1CCC(COCCOC)C1. The number of methoxy groups -OCH3 is 1. The topological polar surface area (TPSA) is 46.1 Å². The number of nitrogens with zero attached hydrogens (tertiary/aromatic N) is 2. The molecule has 1 atom stereocenters. The highest BCUT2D eigenvalue weighted by atomic mass is 32.1. The Balaban J connectivity index is 1.89. The fourth-order valence-electron chi connectivity index (χ4n) is 2.99. The van der Waals surface area contributed by atoms with Gasteiger partial charge in [-0.2, -0.15) is 0 Å². The quantitative estimate of drug-likeness (QED) is 0.414. The van der Waals surface area contributed by atoms with Crippen LogP contribution in [0.25, 0.3) is 0 Å². The van der Waals surface area contributed by atoms with Crippen molar-refractivity contribution in [3.05, 3.63) is 22.4 Å². The molecule has 2 heterocycles. The van der Waals surface area contributed by atoms with E-state index in [2.05, 4.69) is 48.5 Å². The van der Waals surface area contributed by atoms with Gasteiger partial charge in [0.05, 0.1) is 26.4 Å². The van der Waals surface area contributed by atoms with Gasteiger partial charge in [-0.25, -0.2) is 0 Å². The van der Waals surface area contributed by atoms with Crippen LogP contribution < -0.4 is 5.32 Å². The van der Waals surface area contributed by atoms with Gasteiger partial charge in [-0.15, -0.1) is 11.3 Å². The molecule has 0 aliphatic carbocycles. The van der Waals surface area contributed by atoms with Crippen LogP contribution in [0.4, 0.5) is 0 Å². The standard InChI is InChI=1S/C19H33N3O2S/c1-5-20-18(21-15-19(2,3)17-7-6-12-25-17)22-9-8-16(13-22)14-24-11-10-23-4/h6-7,12,16H,5,8-11,13-15H2,1-4H3,(H,20,21). The number of guanidine groups is 1. The van der Waals surface area contributed by atoms with Crippen molar-refractivity contribution < 1.29 is 9.47 Å². The second kappa shape index (κ2) is 10.1. The molecule has 1 aliphatic rings. The van der Waals surface area contributed by atoms with E-state index in [-0.39, 0.29) is 5.41 Å². The lowest BCUT2D eigenvalue weighted by Crippen LogP contribution is -2.41. The number of hydrogen-bond donors (Lipinski definition) is 1. The van der Waals surface area contributed by atoms with E-state index in [1.807, 2.05) is 11.3 Å². The fraction of sp³-hybridized carbons (Fsp3) is 0.737. The summed E-state index contributed by atoms with van der Waals surface area (Å²) in [5, 5.41) is 5.60. The molecule has 0 radical (unpaired) electrons. The lowest BCUT2D eigenvalue weighted by molar-refractivity contribution is 0.0536. The Bertz CT molecular complexity index is 517. The Kier molecular flexibility index (Phi) is 8.19. The van der Waals surface area contributed by atoms with Crippen molar-refractivity contribution in [2.45, 2.75) is 32.6 Å². The number of ether oxygens (including phenoxy) is 2. The lowest BCUT2D eigenvalue weighted by Gasteiger charge is -2.25. The predicted octanol–water partition coefficient (Wildman–Crippen LogP) is 2.98. The maximum Gasteiger partial charge on any atom is 0.193 e. The fourth-order valence-corrected chi connectivity index (χ4v) is 3.84. The molecule has 1 unspecified atom stereocenters. The first-order chi connectivity index (χ1) is 12.1. The zero-order chi connectivity index (χ0) is 18.1. The zero-order valence-electron chi connectivity index (χ0n) is 16.1. The van der Waals surface area contributed by atoms with Gasteiger partial charge >= 0.3 is 0 Å². The van der Waals surface area contributed by atoms with Crippen LogP contribution in [0, 0.1) is 5.92 Å². The first-order valence-electron chi connectivity index (χ1n) is 9.20. The molecule has 1 N–H and O–H groups in total. The predicted molar refractivity (Wildman–Crippen MR) is 106 cm³/mol. The average Bonchev–Trinajstić information content (AvgIpc) is 3.27. The number of thiophene rings is 1. The van der Waals surface area contributed by atoms with Crippen molar-refractivity contribution in [2.24, 2.45) is 10.9 Å². The number of likely N-dealkylation sites (tertiary alicyclic amines) is 1. The van der Waals surface area contributed by atoms with Gasteiger partial charge < -0.3 is 19.7 Å². The van der Waals surface area contributed by atoms with E-state index in [9.17, 15) is 0 Å². The van der Waals surface area contributed by atoms with Gasteiger partial charge in [-0.3, -0.25) is 4.99 Å². The van der Waals surface area contributed by atoms with Crippen molar-refractivity contribution in [3.63, 3.8) is 0 Å². The Labute approximate surface area is 156 Å². The van der Waals surface area contributed by atoms with E-state index in [0.29, 0.717) is 19.1 Å². The molecule has 0 aromatic carbocycles. The molecular formula is C19H33N3O2S. The van der Waals surface area contributed by atoms with Crippen LogP contribution in [0.15, 0.2) is 22.5 Å². The van der Waals surface area contributed by atoms with Crippen molar-refractivity contribution in [2.75, 3.05) is 53.1 Å². The van der Waals surface area contributed by atoms with Crippen molar-refractivity contribution in [3.8, 4) is 0 Å². The highest BCUT2D eigenvalue weighted by molar-refractivity contribution is 7.10. The van der Waals surface area contributed by atoms with Crippen molar-refractivity contribution in [1.29, 1.82) is 0 Å². The lowest BCUT2D eigenvalue weighted by atomic mass is 9.92. The molecule has 1 aromatic rings. The summed E-state index contributed by atoms with van der Waals surface area (Å²) in [5.41, 5.74) is 0.0667. The van der Waals surface area contributed by atoms with Gasteiger partial charge in [0.1, 0.15) is 0 Å². The molecule has 0 saturated carbocycles. The first kappa shape index (κ1) is 20.2. The van der Waals surface area contributed by atoms with Crippen LogP contribution in [-0.2, 0) is 14.9 Å². The van der Waals surface area contributed by atoms with E-state index in [0.717, 1.165) is 45.2 Å². The third-order valence-corrected chi connectivity index (χ3v) is 5.75. The Morgan fingerprint density at radius 1 is 1.44 bits per heavy atom. The first-order valence-corrected chi connectivity index (χ1v) is 10.1. The average molecular weight is 368 g/mol. The minimum absolute atomic E-state index is 0.0667. The van der Waals surface area contributed by atoms with Crippen LogP contribution in [0.5, 0.6) is 0 Å². The molecule has 1 fully saturated rings. The maximum atomic E-state index is 5.70. The van der Waals surface area contributed by atoms with E-state index >= 15 is 0 Å². The van der Waals surface area contributed by atoms with Gasteiger partial charge in [0.15, 0.2) is 5.96 Å². The Hall–Kier alpha value is -1.11. The molecule has 0 bridgehead atoms. The molecule has 0 amide bonds. The summed E-state index contributed by atoms with van der Waals surface area (Å²) >= 11 is 1.81. The summed E-state index contributed by atoms with van der Waals surface area (Å²) in [7, 11) is 1.71. The summed E-state index contributed by atoms with van der Waals surface area (Å²) in [6.07, 6.45) is 1.16. The minimum Gasteiger partial charge on any atom is -0.382 e. The van der Waals surface area contributed by atoms with Gasteiger partial charge in [-0.1, -0.05) is 19.9 Å². The molecular weight excluding hydrogens is 334 g/mol. The van der Waals surface area contributed by atoms with Crippen LogP contribution in [0.1, 0.15) is 32.1 Å². The van der Waals surface area contributed by atoms with E-state index < -0.39 is 0 Å². The van der Waals surface area contributed by atoms with Gasteiger partial charge in [0.25, 0.3) is 0 Å². The normalized spacial score (nSPS) is 18.8. The molecule has 5 nitrogen and oxygen atoms in total. The third-order valence-electron chi connectivity index (χ3n) is 4.52. The van der Waals surface area contributed by atoms with Crippen molar-refractivity contribution >= 4 is 17.3 Å². The summed E-state index contributed by atoms with van der Waals surface area (Å²) < 4.78 is 10.7. The molecule has 2 rings (SSSR count). The highest BCUT2D eigenvalue weighted by Crippen LogP contribution is 2.28.